The molecule has 0 unspecified atom stereocenters. The molecular formula is C10H14N6O2S. The second-order valence-electron chi connectivity index (χ2n) is 3.70. The number of nitrogens with one attached hydrogen (secondary N) is 2. The molecule has 2 aromatic heterocycles. The molecule has 0 saturated carbocycles. The van der Waals surface area contributed by atoms with Gasteiger partial charge in [-0.15, -0.1) is 0 Å². The maximum Gasteiger partial charge on any atom is 0.260 e. The highest BCUT2D eigenvalue weighted by molar-refractivity contribution is 7.89. The second-order valence-corrected chi connectivity index (χ2v) is 5.38. The maximum atomic E-state index is 12.0. The summed E-state index contributed by atoms with van der Waals surface area (Å²) >= 11 is 0. The Bertz CT molecular complexity index is 625. The summed E-state index contributed by atoms with van der Waals surface area (Å²) in [4.78, 5) is 7.69. The van der Waals surface area contributed by atoms with Gasteiger partial charge in [-0.2, -0.15) is 0 Å². The molecule has 4 N–H and O–H groups in total. The molecule has 0 amide bonds. The first-order chi connectivity index (χ1) is 9.13. The average Bonchev–Trinajstić information content (AvgIpc) is 2.91. The SMILES string of the molecule is NNc1cccnc1S(=O)(=O)NCCn1ccnc1. The number of imidazole rings is 1. The van der Waals surface area contributed by atoms with Crippen molar-refractivity contribution in [3.8, 4) is 0 Å². The van der Waals surface area contributed by atoms with Crippen molar-refractivity contribution >= 4 is 15.7 Å². The van der Waals surface area contributed by atoms with E-state index in [-0.39, 0.29) is 17.3 Å². The number of hydrazine groups is 1. The van der Waals surface area contributed by atoms with Crippen LogP contribution in [0.15, 0.2) is 42.1 Å². The Morgan fingerprint density at radius 3 is 2.89 bits per heavy atom. The van der Waals surface area contributed by atoms with Gasteiger partial charge in [0.1, 0.15) is 0 Å². The van der Waals surface area contributed by atoms with E-state index in [2.05, 4.69) is 20.1 Å². The highest BCUT2D eigenvalue weighted by Crippen LogP contribution is 2.15. The smallest absolute Gasteiger partial charge is 0.260 e. The van der Waals surface area contributed by atoms with Crippen LogP contribution in [-0.2, 0) is 16.6 Å². The van der Waals surface area contributed by atoms with Crippen LogP contribution in [0.3, 0.4) is 0 Å². The van der Waals surface area contributed by atoms with E-state index in [0.29, 0.717) is 6.54 Å². The minimum atomic E-state index is -3.69. The number of sulfonamides is 1. The lowest BCUT2D eigenvalue weighted by molar-refractivity contribution is 0.569. The topological polar surface area (TPSA) is 115 Å². The molecule has 19 heavy (non-hydrogen) atoms. The van der Waals surface area contributed by atoms with Crippen LogP contribution in [0.2, 0.25) is 0 Å². The predicted molar refractivity (Wildman–Crippen MR) is 69.5 cm³/mol. The Morgan fingerprint density at radius 2 is 2.21 bits per heavy atom. The van der Waals surface area contributed by atoms with Gasteiger partial charge in [0, 0.05) is 31.7 Å². The van der Waals surface area contributed by atoms with Gasteiger partial charge >= 0.3 is 0 Å². The number of nitrogens with zero attached hydrogens (tertiary/aromatic N) is 3. The van der Waals surface area contributed by atoms with Crippen LogP contribution in [0.25, 0.3) is 0 Å². The van der Waals surface area contributed by atoms with Gasteiger partial charge in [-0.1, -0.05) is 0 Å². The zero-order valence-electron chi connectivity index (χ0n) is 10.0. The van der Waals surface area contributed by atoms with Crippen LogP contribution >= 0.6 is 0 Å². The lowest BCUT2D eigenvalue weighted by Gasteiger charge is -2.09. The summed E-state index contributed by atoms with van der Waals surface area (Å²) in [6.45, 7) is 0.719. The number of aromatic nitrogens is 3. The van der Waals surface area contributed by atoms with E-state index < -0.39 is 10.0 Å². The standard InChI is InChI=1S/C10H14N6O2S/c11-15-9-2-1-3-13-10(9)19(17,18)14-5-7-16-6-4-12-8-16/h1-4,6,8,14-15H,5,7,11H2. The van der Waals surface area contributed by atoms with Crippen LogP contribution in [0.1, 0.15) is 0 Å². The third-order valence-corrected chi connectivity index (χ3v) is 3.82. The van der Waals surface area contributed by atoms with Crippen molar-refractivity contribution in [2.45, 2.75) is 11.6 Å². The number of pyridine rings is 1. The predicted octanol–water partition coefficient (Wildman–Crippen LogP) is -0.458. The number of nitrogens with two attached hydrogens (primary N) is 1. The fourth-order valence-corrected chi connectivity index (χ4v) is 2.62. The summed E-state index contributed by atoms with van der Waals surface area (Å²) in [7, 11) is -3.69. The van der Waals surface area contributed by atoms with Crippen molar-refractivity contribution < 1.29 is 8.42 Å². The van der Waals surface area contributed by atoms with Gasteiger partial charge in [-0.05, 0) is 12.1 Å². The van der Waals surface area contributed by atoms with Crippen molar-refractivity contribution in [2.75, 3.05) is 12.0 Å². The lowest BCUT2D eigenvalue weighted by Crippen LogP contribution is -2.29. The molecule has 2 aromatic rings. The molecule has 2 heterocycles. The third kappa shape index (κ3) is 3.28. The summed E-state index contributed by atoms with van der Waals surface area (Å²) in [5.41, 5.74) is 2.56. The van der Waals surface area contributed by atoms with E-state index in [1.54, 1.807) is 29.4 Å². The molecule has 0 bridgehead atoms. The fraction of sp³-hybridized carbons (Fsp3) is 0.200. The Morgan fingerprint density at radius 1 is 1.37 bits per heavy atom. The number of rotatable bonds is 6. The first kappa shape index (κ1) is 13.5. The Balaban J connectivity index is 2.05. The average molecular weight is 282 g/mol. The fourth-order valence-electron chi connectivity index (χ4n) is 1.51. The van der Waals surface area contributed by atoms with Crippen LogP contribution in [-0.4, -0.2) is 29.5 Å². The Hall–Kier alpha value is -1.97. The monoisotopic (exact) mass is 282 g/mol. The van der Waals surface area contributed by atoms with Gasteiger partial charge in [0.25, 0.3) is 10.0 Å². The van der Waals surface area contributed by atoms with Crippen molar-refractivity contribution in [2.24, 2.45) is 5.84 Å². The minimum Gasteiger partial charge on any atom is -0.336 e. The molecule has 0 aliphatic carbocycles. The lowest BCUT2D eigenvalue weighted by atomic mass is 10.4. The summed E-state index contributed by atoms with van der Waals surface area (Å²) in [6, 6.07) is 3.14. The molecule has 0 aliphatic heterocycles. The zero-order chi connectivity index (χ0) is 13.7. The largest absolute Gasteiger partial charge is 0.336 e. The van der Waals surface area contributed by atoms with Gasteiger partial charge in [0.05, 0.1) is 12.0 Å². The van der Waals surface area contributed by atoms with Crippen LogP contribution in [0, 0.1) is 0 Å². The maximum absolute atomic E-state index is 12.0. The molecule has 0 saturated heterocycles. The summed E-state index contributed by atoms with van der Waals surface area (Å²) < 4.78 is 28.3. The Kier molecular flexibility index (Phi) is 4.10. The highest BCUT2D eigenvalue weighted by Gasteiger charge is 2.18. The van der Waals surface area contributed by atoms with Crippen LogP contribution in [0.5, 0.6) is 0 Å². The van der Waals surface area contributed by atoms with Gasteiger partial charge in [0.2, 0.25) is 0 Å². The molecule has 0 aliphatic rings. The molecule has 0 aromatic carbocycles. The molecule has 0 spiro atoms. The molecule has 0 radical (unpaired) electrons. The van der Waals surface area contributed by atoms with E-state index in [1.165, 1.54) is 12.3 Å². The quantitative estimate of drug-likeness (QED) is 0.488. The van der Waals surface area contributed by atoms with Crippen molar-refractivity contribution in [1.82, 2.24) is 19.3 Å². The first-order valence-corrected chi connectivity index (χ1v) is 6.99. The first-order valence-electron chi connectivity index (χ1n) is 5.50. The van der Waals surface area contributed by atoms with Gasteiger partial charge < -0.3 is 9.99 Å². The molecule has 0 atom stereocenters. The molecule has 9 heteroatoms. The van der Waals surface area contributed by atoms with E-state index >= 15 is 0 Å². The van der Waals surface area contributed by atoms with Crippen molar-refractivity contribution in [3.63, 3.8) is 0 Å². The summed E-state index contributed by atoms with van der Waals surface area (Å²) in [6.07, 6.45) is 6.39. The molecule has 8 nitrogen and oxygen atoms in total. The van der Waals surface area contributed by atoms with Crippen molar-refractivity contribution in [3.05, 3.63) is 37.1 Å². The Labute approximate surface area is 110 Å². The number of hydrogen-bond acceptors (Lipinski definition) is 6. The van der Waals surface area contributed by atoms with E-state index in [0.717, 1.165) is 0 Å². The molecular weight excluding hydrogens is 268 g/mol. The molecule has 102 valence electrons. The number of nitrogen functional groups attached to an aromatic ring is 1. The van der Waals surface area contributed by atoms with E-state index in [1.807, 2.05) is 0 Å². The number of anilines is 1. The third-order valence-electron chi connectivity index (χ3n) is 2.40. The molecule has 2 rings (SSSR count). The van der Waals surface area contributed by atoms with Gasteiger partial charge in [-0.3, -0.25) is 5.84 Å². The van der Waals surface area contributed by atoms with E-state index in [9.17, 15) is 8.42 Å². The van der Waals surface area contributed by atoms with Crippen LogP contribution < -0.4 is 16.0 Å². The minimum absolute atomic E-state index is 0.122. The normalized spacial score (nSPS) is 11.4. The number of hydrogen-bond donors (Lipinski definition) is 3. The summed E-state index contributed by atoms with van der Waals surface area (Å²) in [5, 5.41) is -0.122. The van der Waals surface area contributed by atoms with Crippen LogP contribution in [0.4, 0.5) is 5.69 Å². The second kappa shape index (κ2) is 5.78. The van der Waals surface area contributed by atoms with E-state index in [4.69, 9.17) is 5.84 Å². The highest BCUT2D eigenvalue weighted by atomic mass is 32.2. The van der Waals surface area contributed by atoms with Gasteiger partial charge in [0.15, 0.2) is 5.03 Å². The summed E-state index contributed by atoms with van der Waals surface area (Å²) in [5.74, 6) is 5.26. The van der Waals surface area contributed by atoms with Crippen molar-refractivity contribution in [1.29, 1.82) is 0 Å². The molecule has 0 fully saturated rings. The van der Waals surface area contributed by atoms with Gasteiger partial charge in [-0.25, -0.2) is 23.1 Å². The zero-order valence-corrected chi connectivity index (χ0v) is 10.8.